The first kappa shape index (κ1) is 22.4. The molecule has 2 aromatic carbocycles. The van der Waals surface area contributed by atoms with Gasteiger partial charge in [-0.15, -0.1) is 0 Å². The molecule has 2 N–H and O–H groups in total. The highest BCUT2D eigenvalue weighted by Crippen LogP contribution is 2.22. The smallest absolute Gasteiger partial charge is 0.253 e. The minimum Gasteiger partial charge on any atom is -0.350 e. The van der Waals surface area contributed by atoms with Crippen LogP contribution in [0.2, 0.25) is 0 Å². The summed E-state index contributed by atoms with van der Waals surface area (Å²) in [5.41, 5.74) is 0.256. The Bertz CT molecular complexity index is 995. The number of carbonyl (C=O) groups excluding carboxylic acids is 2. The van der Waals surface area contributed by atoms with Crippen LogP contribution in [0.25, 0.3) is 0 Å². The second kappa shape index (κ2) is 9.51. The predicted octanol–water partition coefficient (Wildman–Crippen LogP) is 2.76. The fraction of sp³-hybridized carbons (Fsp3) is 0.300. The number of nitrogens with one attached hydrogen (secondary N) is 2. The van der Waals surface area contributed by atoms with Crippen molar-refractivity contribution >= 4 is 33.2 Å². The molecule has 2 amide bonds. The molecule has 156 valence electrons. The molecule has 0 aliphatic carbocycles. The first-order valence-corrected chi connectivity index (χ1v) is 10.9. The fourth-order valence-corrected chi connectivity index (χ4v) is 3.41. The van der Waals surface area contributed by atoms with E-state index in [1.54, 1.807) is 18.2 Å². The Morgan fingerprint density at radius 1 is 1.10 bits per heavy atom. The molecule has 0 saturated carbocycles. The number of anilines is 2. The van der Waals surface area contributed by atoms with Crippen molar-refractivity contribution < 1.29 is 22.4 Å². The molecule has 7 nitrogen and oxygen atoms in total. The van der Waals surface area contributed by atoms with Crippen LogP contribution in [0.3, 0.4) is 0 Å². The summed E-state index contributed by atoms with van der Waals surface area (Å²) in [5, 5.41) is 5.36. The van der Waals surface area contributed by atoms with Gasteiger partial charge in [-0.1, -0.05) is 31.2 Å². The fourth-order valence-electron chi connectivity index (χ4n) is 2.55. The van der Waals surface area contributed by atoms with Gasteiger partial charge in [-0.25, -0.2) is 12.8 Å². The number of amides is 2. The van der Waals surface area contributed by atoms with Crippen molar-refractivity contribution in [1.82, 2.24) is 5.32 Å². The minimum absolute atomic E-state index is 0.0481. The van der Waals surface area contributed by atoms with Crippen LogP contribution in [0.4, 0.5) is 15.8 Å². The second-order valence-electron chi connectivity index (χ2n) is 6.60. The van der Waals surface area contributed by atoms with Gasteiger partial charge in [0.1, 0.15) is 12.4 Å². The quantitative estimate of drug-likeness (QED) is 0.685. The van der Waals surface area contributed by atoms with Crippen LogP contribution in [0, 0.1) is 5.82 Å². The second-order valence-corrected chi connectivity index (χ2v) is 8.50. The monoisotopic (exact) mass is 421 g/mol. The maximum Gasteiger partial charge on any atom is 0.253 e. The highest BCUT2D eigenvalue weighted by atomic mass is 32.2. The summed E-state index contributed by atoms with van der Waals surface area (Å²) in [6.45, 7) is 3.15. The molecule has 0 unspecified atom stereocenters. The lowest BCUT2D eigenvalue weighted by atomic mass is 10.1. The van der Waals surface area contributed by atoms with Gasteiger partial charge in [0.2, 0.25) is 15.9 Å². The Kier molecular flexibility index (Phi) is 7.33. The molecular weight excluding hydrogens is 397 g/mol. The van der Waals surface area contributed by atoms with Crippen LogP contribution in [0.5, 0.6) is 0 Å². The molecule has 0 heterocycles. The molecule has 0 saturated heterocycles. The van der Waals surface area contributed by atoms with Gasteiger partial charge in [0.05, 0.1) is 23.2 Å². The zero-order valence-corrected chi connectivity index (χ0v) is 17.3. The Hall–Kier alpha value is -2.94. The van der Waals surface area contributed by atoms with Gasteiger partial charge in [0, 0.05) is 6.04 Å². The van der Waals surface area contributed by atoms with Gasteiger partial charge in [-0.05, 0) is 37.6 Å². The zero-order chi connectivity index (χ0) is 21.6. The molecule has 0 aromatic heterocycles. The number of hydrogen-bond donors (Lipinski definition) is 2. The van der Waals surface area contributed by atoms with Crippen LogP contribution < -0.4 is 14.9 Å². The number of halogens is 1. The first-order valence-electron chi connectivity index (χ1n) is 9.05. The highest BCUT2D eigenvalue weighted by Gasteiger charge is 2.24. The van der Waals surface area contributed by atoms with E-state index in [1.807, 2.05) is 13.8 Å². The summed E-state index contributed by atoms with van der Waals surface area (Å²) in [6.07, 6.45) is 1.63. The number of nitrogens with zero attached hydrogens (tertiary/aromatic N) is 1. The Morgan fingerprint density at radius 2 is 1.72 bits per heavy atom. The molecule has 0 aliphatic heterocycles. The summed E-state index contributed by atoms with van der Waals surface area (Å²) in [6, 6.07) is 11.6. The third kappa shape index (κ3) is 6.02. The summed E-state index contributed by atoms with van der Waals surface area (Å²) < 4.78 is 39.0. The molecule has 0 bridgehead atoms. The number of para-hydroxylation sites is 2. The van der Waals surface area contributed by atoms with E-state index in [-0.39, 0.29) is 28.9 Å². The van der Waals surface area contributed by atoms with Gasteiger partial charge < -0.3 is 10.6 Å². The van der Waals surface area contributed by atoms with Crippen molar-refractivity contribution in [3.63, 3.8) is 0 Å². The number of sulfonamides is 1. The molecule has 2 aromatic rings. The van der Waals surface area contributed by atoms with Crippen molar-refractivity contribution in [2.75, 3.05) is 22.4 Å². The van der Waals surface area contributed by atoms with Gasteiger partial charge in [0.25, 0.3) is 5.91 Å². The Labute approximate surface area is 170 Å². The number of carbonyl (C=O) groups is 2. The predicted molar refractivity (Wildman–Crippen MR) is 111 cm³/mol. The lowest BCUT2D eigenvalue weighted by molar-refractivity contribution is -0.114. The Morgan fingerprint density at radius 3 is 2.34 bits per heavy atom. The van der Waals surface area contributed by atoms with Crippen LogP contribution in [0.1, 0.15) is 30.6 Å². The maximum atomic E-state index is 14.1. The summed E-state index contributed by atoms with van der Waals surface area (Å²) in [7, 11) is -3.92. The van der Waals surface area contributed by atoms with Crippen LogP contribution in [0.15, 0.2) is 48.5 Å². The van der Waals surface area contributed by atoms with Gasteiger partial charge in [-0.3, -0.25) is 13.9 Å². The van der Waals surface area contributed by atoms with Gasteiger partial charge in [0.15, 0.2) is 0 Å². The molecule has 29 heavy (non-hydrogen) atoms. The molecule has 9 heteroatoms. The summed E-state index contributed by atoms with van der Waals surface area (Å²) in [4.78, 5) is 25.0. The number of benzene rings is 2. The third-order valence-electron chi connectivity index (χ3n) is 4.24. The molecule has 0 fully saturated rings. The molecule has 1 atom stereocenters. The van der Waals surface area contributed by atoms with E-state index in [0.717, 1.165) is 18.7 Å². The molecule has 0 spiro atoms. The van der Waals surface area contributed by atoms with Crippen molar-refractivity contribution in [2.45, 2.75) is 26.3 Å². The normalized spacial score (nSPS) is 12.1. The SMILES string of the molecule is CC[C@H](C)NC(=O)c1ccccc1NC(=O)CN(c1ccccc1F)S(C)(=O)=O. The third-order valence-corrected chi connectivity index (χ3v) is 5.37. The maximum absolute atomic E-state index is 14.1. The largest absolute Gasteiger partial charge is 0.350 e. The van der Waals surface area contributed by atoms with Crippen LogP contribution in [-0.2, 0) is 14.8 Å². The van der Waals surface area contributed by atoms with Crippen molar-refractivity contribution in [2.24, 2.45) is 0 Å². The number of hydrogen-bond acceptors (Lipinski definition) is 4. The van der Waals surface area contributed by atoms with E-state index in [0.29, 0.717) is 4.31 Å². The van der Waals surface area contributed by atoms with E-state index in [9.17, 15) is 22.4 Å². The topological polar surface area (TPSA) is 95.6 Å². The van der Waals surface area contributed by atoms with Crippen molar-refractivity contribution in [3.8, 4) is 0 Å². The lowest BCUT2D eigenvalue weighted by Gasteiger charge is -2.22. The van der Waals surface area contributed by atoms with Crippen molar-refractivity contribution in [3.05, 3.63) is 59.9 Å². The lowest BCUT2D eigenvalue weighted by Crippen LogP contribution is -2.38. The Balaban J connectivity index is 2.24. The average molecular weight is 421 g/mol. The molecular formula is C20H24FN3O4S. The molecule has 2 rings (SSSR count). The molecule has 0 aliphatic rings. The van der Waals surface area contributed by atoms with E-state index < -0.39 is 28.3 Å². The van der Waals surface area contributed by atoms with Gasteiger partial charge >= 0.3 is 0 Å². The standard InChI is InChI=1S/C20H24FN3O4S/c1-4-14(2)22-20(26)15-9-5-7-11-17(15)23-19(25)13-24(29(3,27)28)18-12-8-6-10-16(18)21/h5-12,14H,4,13H2,1-3H3,(H,22,26)(H,23,25)/t14-/m0/s1. The molecule has 0 radical (unpaired) electrons. The van der Waals surface area contributed by atoms with Gasteiger partial charge in [-0.2, -0.15) is 0 Å². The number of rotatable bonds is 8. The van der Waals surface area contributed by atoms with E-state index >= 15 is 0 Å². The van der Waals surface area contributed by atoms with E-state index in [4.69, 9.17) is 0 Å². The summed E-state index contributed by atoms with van der Waals surface area (Å²) in [5.74, 6) is -1.83. The van der Waals surface area contributed by atoms with E-state index in [1.165, 1.54) is 24.3 Å². The van der Waals surface area contributed by atoms with Crippen LogP contribution >= 0.6 is 0 Å². The first-order chi connectivity index (χ1) is 13.6. The van der Waals surface area contributed by atoms with Crippen molar-refractivity contribution in [1.29, 1.82) is 0 Å². The average Bonchev–Trinajstić information content (AvgIpc) is 2.66. The van der Waals surface area contributed by atoms with E-state index in [2.05, 4.69) is 10.6 Å². The zero-order valence-electron chi connectivity index (χ0n) is 16.5. The highest BCUT2D eigenvalue weighted by molar-refractivity contribution is 7.92. The van der Waals surface area contributed by atoms with Crippen LogP contribution in [-0.4, -0.2) is 39.1 Å². The summed E-state index contributed by atoms with van der Waals surface area (Å²) >= 11 is 0. The minimum atomic E-state index is -3.92.